The molecular weight excluding hydrogens is 360 g/mol. The second kappa shape index (κ2) is 6.43. The van der Waals surface area contributed by atoms with Gasteiger partial charge in [-0.2, -0.15) is 0 Å². The Morgan fingerprint density at radius 3 is 0.967 bits per heavy atom. The Labute approximate surface area is 177 Å². The SMILES string of the molecule is Cc1ccc(C2=C3C(=C(c4ccc(C)cc4)c4ccccc43)c3ccccc32)cc1. The summed E-state index contributed by atoms with van der Waals surface area (Å²) in [7, 11) is 0. The predicted octanol–water partition coefficient (Wildman–Crippen LogP) is 7.55. The Morgan fingerprint density at radius 2 is 0.633 bits per heavy atom. The van der Waals surface area contributed by atoms with Gasteiger partial charge in [-0.1, -0.05) is 108 Å². The van der Waals surface area contributed by atoms with Crippen LogP contribution in [-0.4, -0.2) is 0 Å². The zero-order valence-corrected chi connectivity index (χ0v) is 17.2. The van der Waals surface area contributed by atoms with E-state index >= 15 is 0 Å². The summed E-state index contributed by atoms with van der Waals surface area (Å²) < 4.78 is 0. The Hall–Kier alpha value is -3.64. The smallest absolute Gasteiger partial charge is 0.000763 e. The normalized spacial score (nSPS) is 14.1. The fourth-order valence-corrected chi connectivity index (χ4v) is 4.94. The summed E-state index contributed by atoms with van der Waals surface area (Å²) in [5.74, 6) is 0. The van der Waals surface area contributed by atoms with Crippen molar-refractivity contribution in [3.8, 4) is 0 Å². The Morgan fingerprint density at radius 1 is 0.333 bits per heavy atom. The minimum atomic E-state index is 1.29. The molecule has 0 N–H and O–H groups in total. The third kappa shape index (κ3) is 2.40. The highest BCUT2D eigenvalue weighted by atomic mass is 14.4. The first-order chi connectivity index (χ1) is 14.7. The van der Waals surface area contributed by atoms with Gasteiger partial charge in [0.25, 0.3) is 0 Å². The lowest BCUT2D eigenvalue weighted by molar-refractivity contribution is 1.44. The lowest BCUT2D eigenvalue weighted by atomic mass is 9.92. The van der Waals surface area contributed by atoms with E-state index in [4.69, 9.17) is 0 Å². The minimum Gasteiger partial charge on any atom is -0.0616 e. The molecule has 6 rings (SSSR count). The van der Waals surface area contributed by atoms with E-state index in [0.29, 0.717) is 0 Å². The lowest BCUT2D eigenvalue weighted by Crippen LogP contribution is -1.92. The molecule has 2 aliphatic carbocycles. The van der Waals surface area contributed by atoms with Gasteiger partial charge in [-0.3, -0.25) is 0 Å². The average Bonchev–Trinajstić information content (AvgIpc) is 3.28. The van der Waals surface area contributed by atoms with Crippen LogP contribution in [0.25, 0.3) is 22.3 Å². The average molecular weight is 383 g/mol. The summed E-state index contributed by atoms with van der Waals surface area (Å²) in [5.41, 5.74) is 16.0. The molecule has 2 aliphatic rings. The van der Waals surface area contributed by atoms with Crippen molar-refractivity contribution in [3.63, 3.8) is 0 Å². The number of aryl methyl sites for hydroxylation is 2. The molecule has 4 aromatic rings. The number of benzene rings is 4. The minimum absolute atomic E-state index is 1.29. The zero-order valence-electron chi connectivity index (χ0n) is 17.2. The van der Waals surface area contributed by atoms with Gasteiger partial charge in [0.2, 0.25) is 0 Å². The molecule has 0 heterocycles. The summed E-state index contributed by atoms with van der Waals surface area (Å²) in [6, 6.07) is 35.7. The van der Waals surface area contributed by atoms with Gasteiger partial charge in [-0.15, -0.1) is 0 Å². The Bertz CT molecular complexity index is 1250. The fourth-order valence-electron chi connectivity index (χ4n) is 4.94. The largest absolute Gasteiger partial charge is 0.0616 e. The van der Waals surface area contributed by atoms with Crippen LogP contribution in [0.1, 0.15) is 44.5 Å². The highest BCUT2D eigenvalue weighted by Gasteiger charge is 2.36. The van der Waals surface area contributed by atoms with E-state index in [-0.39, 0.29) is 0 Å². The van der Waals surface area contributed by atoms with Gasteiger partial charge in [0, 0.05) is 0 Å². The molecule has 0 amide bonds. The highest BCUT2D eigenvalue weighted by molar-refractivity contribution is 6.35. The maximum absolute atomic E-state index is 2.28. The van der Waals surface area contributed by atoms with E-state index < -0.39 is 0 Å². The second-order valence-corrected chi connectivity index (χ2v) is 8.32. The van der Waals surface area contributed by atoms with Crippen molar-refractivity contribution in [2.45, 2.75) is 13.8 Å². The summed E-state index contributed by atoms with van der Waals surface area (Å²) >= 11 is 0. The first-order valence-electron chi connectivity index (χ1n) is 10.5. The van der Waals surface area contributed by atoms with Crippen LogP contribution < -0.4 is 0 Å². The summed E-state index contributed by atoms with van der Waals surface area (Å²) in [4.78, 5) is 0. The third-order valence-corrected chi connectivity index (χ3v) is 6.36. The molecule has 0 unspecified atom stereocenters. The topological polar surface area (TPSA) is 0 Å². The number of fused-ring (bicyclic) bond motifs is 5. The van der Waals surface area contributed by atoms with Crippen LogP contribution in [0, 0.1) is 13.8 Å². The van der Waals surface area contributed by atoms with E-state index in [9.17, 15) is 0 Å². The van der Waals surface area contributed by atoms with Crippen molar-refractivity contribution in [3.05, 3.63) is 142 Å². The van der Waals surface area contributed by atoms with Crippen molar-refractivity contribution in [2.75, 3.05) is 0 Å². The van der Waals surface area contributed by atoms with Crippen LogP contribution in [0.5, 0.6) is 0 Å². The van der Waals surface area contributed by atoms with E-state index in [1.807, 2.05) is 0 Å². The van der Waals surface area contributed by atoms with Crippen LogP contribution >= 0.6 is 0 Å². The maximum Gasteiger partial charge on any atom is -0.000763 e. The predicted molar refractivity (Wildman–Crippen MR) is 127 cm³/mol. The van der Waals surface area contributed by atoms with Crippen LogP contribution in [-0.2, 0) is 0 Å². The molecule has 0 aromatic heterocycles. The molecule has 0 spiro atoms. The molecule has 142 valence electrons. The van der Waals surface area contributed by atoms with Crippen molar-refractivity contribution >= 4 is 22.3 Å². The van der Waals surface area contributed by atoms with Gasteiger partial charge in [0.1, 0.15) is 0 Å². The van der Waals surface area contributed by atoms with Crippen LogP contribution in [0.4, 0.5) is 0 Å². The second-order valence-electron chi connectivity index (χ2n) is 8.32. The van der Waals surface area contributed by atoms with Crippen molar-refractivity contribution in [1.29, 1.82) is 0 Å². The number of rotatable bonds is 2. The molecule has 0 radical (unpaired) electrons. The first-order valence-corrected chi connectivity index (χ1v) is 10.5. The molecule has 0 atom stereocenters. The monoisotopic (exact) mass is 382 g/mol. The quantitative estimate of drug-likeness (QED) is 0.336. The van der Waals surface area contributed by atoms with Crippen LogP contribution in [0.15, 0.2) is 97.1 Å². The van der Waals surface area contributed by atoms with E-state index in [1.165, 1.54) is 66.8 Å². The number of hydrogen-bond acceptors (Lipinski definition) is 0. The standard InChI is InChI=1S/C30H22/c1-19-11-15-21(16-12-19)27-23-7-3-5-9-25(23)30-28(22-17-13-20(2)14-18-22)24-8-4-6-10-26(24)29(27)30/h3-18H,1-2H3. The molecule has 0 heteroatoms. The lowest BCUT2D eigenvalue weighted by Gasteiger charge is -2.12. The summed E-state index contributed by atoms with van der Waals surface area (Å²) in [6.45, 7) is 4.30. The van der Waals surface area contributed by atoms with Crippen molar-refractivity contribution in [2.24, 2.45) is 0 Å². The van der Waals surface area contributed by atoms with Crippen molar-refractivity contribution < 1.29 is 0 Å². The van der Waals surface area contributed by atoms with Gasteiger partial charge in [-0.05, 0) is 69.5 Å². The summed E-state index contributed by atoms with van der Waals surface area (Å²) in [5, 5.41) is 0. The molecule has 0 aliphatic heterocycles. The maximum atomic E-state index is 2.28. The van der Waals surface area contributed by atoms with Crippen LogP contribution in [0.2, 0.25) is 0 Å². The van der Waals surface area contributed by atoms with E-state index in [1.54, 1.807) is 0 Å². The third-order valence-electron chi connectivity index (χ3n) is 6.36. The van der Waals surface area contributed by atoms with Gasteiger partial charge >= 0.3 is 0 Å². The fraction of sp³-hybridized carbons (Fsp3) is 0.0667. The van der Waals surface area contributed by atoms with Gasteiger partial charge in [0.15, 0.2) is 0 Å². The molecule has 4 aromatic carbocycles. The highest BCUT2D eigenvalue weighted by Crippen LogP contribution is 2.58. The van der Waals surface area contributed by atoms with Crippen molar-refractivity contribution in [1.82, 2.24) is 0 Å². The Kier molecular flexibility index (Phi) is 3.70. The molecule has 0 saturated heterocycles. The Balaban J connectivity index is 1.75. The van der Waals surface area contributed by atoms with Gasteiger partial charge in [0.05, 0.1) is 0 Å². The zero-order chi connectivity index (χ0) is 20.2. The van der Waals surface area contributed by atoms with E-state index in [0.717, 1.165) is 0 Å². The number of allylic oxidation sites excluding steroid dienone is 2. The molecular formula is C30H22. The summed E-state index contributed by atoms with van der Waals surface area (Å²) in [6.07, 6.45) is 0. The van der Waals surface area contributed by atoms with Gasteiger partial charge < -0.3 is 0 Å². The van der Waals surface area contributed by atoms with Gasteiger partial charge in [-0.25, -0.2) is 0 Å². The van der Waals surface area contributed by atoms with E-state index in [2.05, 4.69) is 111 Å². The molecule has 0 fully saturated rings. The molecule has 0 bridgehead atoms. The molecule has 0 saturated carbocycles. The van der Waals surface area contributed by atoms with Crippen LogP contribution in [0.3, 0.4) is 0 Å². The molecule has 30 heavy (non-hydrogen) atoms. The first kappa shape index (κ1) is 17.2. The molecule has 0 nitrogen and oxygen atoms in total. The number of hydrogen-bond donors (Lipinski definition) is 0.